The molecule has 0 unspecified atom stereocenters. The summed E-state index contributed by atoms with van der Waals surface area (Å²) < 4.78 is 0. The van der Waals surface area contributed by atoms with Crippen molar-refractivity contribution in [2.75, 3.05) is 0 Å². The van der Waals surface area contributed by atoms with Crippen LogP contribution >= 0.6 is 11.3 Å². The fraction of sp³-hybridized carbons (Fsp3) is 0.824. The summed E-state index contributed by atoms with van der Waals surface area (Å²) in [5.74, 6) is 0.757. The number of hydrogen-bond donors (Lipinski definition) is 1. The second kappa shape index (κ2) is 5.76. The van der Waals surface area contributed by atoms with Crippen molar-refractivity contribution in [2.45, 2.75) is 78.7 Å². The fourth-order valence-corrected chi connectivity index (χ4v) is 4.37. The first-order valence-corrected chi connectivity index (χ1v) is 8.73. The highest BCUT2D eigenvalue weighted by molar-refractivity contribution is 7.11. The van der Waals surface area contributed by atoms with Crippen LogP contribution in [0.2, 0.25) is 0 Å². The van der Waals surface area contributed by atoms with Crippen LogP contribution in [0.1, 0.15) is 68.5 Å². The van der Waals surface area contributed by atoms with Crippen molar-refractivity contribution >= 4 is 11.3 Å². The first-order chi connectivity index (χ1) is 9.26. The van der Waals surface area contributed by atoms with Gasteiger partial charge in [0.25, 0.3) is 0 Å². The number of nitrogens with zero attached hydrogens (tertiary/aromatic N) is 1. The summed E-state index contributed by atoms with van der Waals surface area (Å²) in [5, 5.41) is 12.0. The number of hydrogen-bond acceptors (Lipinski definition) is 3. The second-order valence-electron chi connectivity index (χ2n) is 7.27. The number of aliphatic hydroxyl groups is 1. The molecule has 2 rings (SSSR count). The molecule has 1 aromatic rings. The smallest absolute Gasteiger partial charge is 0.0959 e. The lowest BCUT2D eigenvalue weighted by Gasteiger charge is -2.42. The van der Waals surface area contributed by atoms with Gasteiger partial charge in [-0.1, -0.05) is 27.2 Å². The van der Waals surface area contributed by atoms with Crippen LogP contribution in [0.4, 0.5) is 0 Å². The molecule has 1 aliphatic carbocycles. The molecular formula is C17H29NOS. The average Bonchev–Trinajstić information content (AvgIpc) is 2.68. The maximum absolute atomic E-state index is 10.8. The lowest BCUT2D eigenvalue weighted by atomic mass is 9.66. The number of aromatic nitrogens is 1. The van der Waals surface area contributed by atoms with Gasteiger partial charge in [0.1, 0.15) is 0 Å². The van der Waals surface area contributed by atoms with Crippen molar-refractivity contribution in [1.29, 1.82) is 0 Å². The van der Waals surface area contributed by atoms with Gasteiger partial charge in [0.2, 0.25) is 0 Å². The molecule has 0 spiro atoms. The first kappa shape index (κ1) is 16.0. The SMILES string of the molecule is CCC(C)(C)C1CCC(O)(Cc2nc(C)c(C)s2)CC1. The van der Waals surface area contributed by atoms with Crippen LogP contribution in [0.15, 0.2) is 0 Å². The Morgan fingerprint density at radius 3 is 2.35 bits per heavy atom. The number of aryl methyl sites for hydroxylation is 2. The van der Waals surface area contributed by atoms with E-state index in [4.69, 9.17) is 0 Å². The first-order valence-electron chi connectivity index (χ1n) is 7.91. The molecule has 20 heavy (non-hydrogen) atoms. The van der Waals surface area contributed by atoms with Crippen LogP contribution in [0.3, 0.4) is 0 Å². The van der Waals surface area contributed by atoms with Gasteiger partial charge in [0.05, 0.1) is 16.3 Å². The molecule has 1 N–H and O–H groups in total. The van der Waals surface area contributed by atoms with E-state index in [0.29, 0.717) is 5.41 Å². The monoisotopic (exact) mass is 295 g/mol. The average molecular weight is 295 g/mol. The molecule has 0 aliphatic heterocycles. The summed E-state index contributed by atoms with van der Waals surface area (Å²) in [6, 6.07) is 0. The molecule has 0 amide bonds. The molecule has 0 atom stereocenters. The van der Waals surface area contributed by atoms with E-state index in [1.165, 1.54) is 11.3 Å². The Morgan fingerprint density at radius 1 is 1.30 bits per heavy atom. The maximum atomic E-state index is 10.8. The molecular weight excluding hydrogens is 266 g/mol. The highest BCUT2D eigenvalue weighted by Gasteiger charge is 2.38. The van der Waals surface area contributed by atoms with Crippen LogP contribution in [-0.4, -0.2) is 15.7 Å². The second-order valence-corrected chi connectivity index (χ2v) is 8.55. The van der Waals surface area contributed by atoms with Gasteiger partial charge in [0, 0.05) is 11.3 Å². The van der Waals surface area contributed by atoms with Crippen molar-refractivity contribution in [3.63, 3.8) is 0 Å². The van der Waals surface area contributed by atoms with Gasteiger partial charge >= 0.3 is 0 Å². The van der Waals surface area contributed by atoms with Gasteiger partial charge in [-0.25, -0.2) is 4.98 Å². The zero-order valence-corrected chi connectivity index (χ0v) is 14.4. The van der Waals surface area contributed by atoms with E-state index >= 15 is 0 Å². The Hall–Kier alpha value is -0.410. The lowest BCUT2D eigenvalue weighted by Crippen LogP contribution is -2.39. The van der Waals surface area contributed by atoms with E-state index in [0.717, 1.165) is 48.7 Å². The van der Waals surface area contributed by atoms with Gasteiger partial charge in [-0.05, 0) is 50.9 Å². The van der Waals surface area contributed by atoms with E-state index in [9.17, 15) is 5.11 Å². The normalized spacial score (nSPS) is 27.8. The fourth-order valence-electron chi connectivity index (χ4n) is 3.30. The molecule has 114 valence electrons. The van der Waals surface area contributed by atoms with Crippen molar-refractivity contribution in [3.05, 3.63) is 15.6 Å². The van der Waals surface area contributed by atoms with E-state index < -0.39 is 5.60 Å². The molecule has 3 heteroatoms. The van der Waals surface area contributed by atoms with Gasteiger partial charge in [-0.2, -0.15) is 0 Å². The van der Waals surface area contributed by atoms with E-state index in [2.05, 4.69) is 39.6 Å². The number of thiazole rings is 1. The zero-order chi connectivity index (χ0) is 15.0. The minimum atomic E-state index is -0.517. The highest BCUT2D eigenvalue weighted by atomic mass is 32.1. The summed E-state index contributed by atoms with van der Waals surface area (Å²) in [6.45, 7) is 11.2. The third-order valence-corrected chi connectivity index (χ3v) is 6.56. The third-order valence-electron chi connectivity index (χ3n) is 5.49. The van der Waals surface area contributed by atoms with Gasteiger partial charge in [0.15, 0.2) is 0 Å². The zero-order valence-electron chi connectivity index (χ0n) is 13.6. The van der Waals surface area contributed by atoms with E-state index in [1.807, 2.05) is 0 Å². The van der Waals surface area contributed by atoms with Crippen LogP contribution in [0.25, 0.3) is 0 Å². The van der Waals surface area contributed by atoms with Gasteiger partial charge in [-0.15, -0.1) is 11.3 Å². The number of rotatable bonds is 4. The standard InChI is InChI=1S/C17H29NOS/c1-6-16(4,5)14-7-9-17(19,10-8-14)11-15-18-12(2)13(3)20-15/h14,19H,6-11H2,1-5H3. The van der Waals surface area contributed by atoms with Crippen LogP contribution in [0, 0.1) is 25.2 Å². The van der Waals surface area contributed by atoms with Gasteiger partial charge < -0.3 is 5.11 Å². The Labute approximate surface area is 127 Å². The summed E-state index contributed by atoms with van der Waals surface area (Å²) >= 11 is 1.75. The molecule has 1 heterocycles. The van der Waals surface area contributed by atoms with Crippen molar-refractivity contribution in [2.24, 2.45) is 11.3 Å². The minimum absolute atomic E-state index is 0.412. The minimum Gasteiger partial charge on any atom is -0.389 e. The van der Waals surface area contributed by atoms with E-state index in [1.54, 1.807) is 11.3 Å². The van der Waals surface area contributed by atoms with Gasteiger partial charge in [-0.3, -0.25) is 0 Å². The van der Waals surface area contributed by atoms with E-state index in [-0.39, 0.29) is 0 Å². The quantitative estimate of drug-likeness (QED) is 0.876. The molecule has 2 nitrogen and oxygen atoms in total. The summed E-state index contributed by atoms with van der Waals surface area (Å²) in [7, 11) is 0. The predicted octanol–water partition coefficient (Wildman–Crippen LogP) is 4.66. The molecule has 1 saturated carbocycles. The summed E-state index contributed by atoms with van der Waals surface area (Å²) in [5.41, 5.74) is 1.02. The van der Waals surface area contributed by atoms with Crippen molar-refractivity contribution < 1.29 is 5.11 Å². The maximum Gasteiger partial charge on any atom is 0.0959 e. The summed E-state index contributed by atoms with van der Waals surface area (Å²) in [6.07, 6.45) is 6.13. The molecule has 1 aromatic heterocycles. The Kier molecular flexibility index (Phi) is 4.60. The Morgan fingerprint density at radius 2 is 1.90 bits per heavy atom. The topological polar surface area (TPSA) is 33.1 Å². The predicted molar refractivity (Wildman–Crippen MR) is 86.3 cm³/mol. The molecule has 0 radical (unpaired) electrons. The third kappa shape index (κ3) is 3.43. The molecule has 0 saturated heterocycles. The molecule has 0 bridgehead atoms. The van der Waals surface area contributed by atoms with Crippen LogP contribution in [-0.2, 0) is 6.42 Å². The van der Waals surface area contributed by atoms with Crippen LogP contribution < -0.4 is 0 Å². The molecule has 1 aliphatic rings. The van der Waals surface area contributed by atoms with Crippen molar-refractivity contribution in [3.8, 4) is 0 Å². The highest BCUT2D eigenvalue weighted by Crippen LogP contribution is 2.44. The molecule has 0 aromatic carbocycles. The van der Waals surface area contributed by atoms with Crippen LogP contribution in [0.5, 0.6) is 0 Å². The molecule has 1 fully saturated rings. The summed E-state index contributed by atoms with van der Waals surface area (Å²) in [4.78, 5) is 5.87. The van der Waals surface area contributed by atoms with Crippen molar-refractivity contribution in [1.82, 2.24) is 4.98 Å². The Bertz CT molecular complexity index is 436. The Balaban J connectivity index is 1.98. The largest absolute Gasteiger partial charge is 0.389 e. The lowest BCUT2D eigenvalue weighted by molar-refractivity contribution is -0.0276.